The number of hydrogen-bond acceptors (Lipinski definition) is 3. The molecule has 0 aliphatic heterocycles. The average molecular weight is 143 g/mol. The second-order valence-electron chi connectivity index (χ2n) is 1.77. The lowest BCUT2D eigenvalue weighted by Crippen LogP contribution is -1.88. The van der Waals surface area contributed by atoms with Crippen molar-refractivity contribution in [2.45, 2.75) is 6.92 Å². The molecule has 3 heteroatoms. The van der Waals surface area contributed by atoms with Crippen LogP contribution in [0.5, 0.6) is 5.75 Å². The highest BCUT2D eigenvalue weighted by Crippen LogP contribution is 2.30. The van der Waals surface area contributed by atoms with Crippen molar-refractivity contribution in [3.8, 4) is 5.75 Å². The Hall–Kier alpha value is -0.700. The summed E-state index contributed by atoms with van der Waals surface area (Å²) in [5.41, 5.74) is 6.36. The molecule has 0 aliphatic carbocycles. The lowest BCUT2D eigenvalue weighted by molar-refractivity contribution is 0.418. The van der Waals surface area contributed by atoms with Crippen LogP contribution in [-0.2, 0) is 0 Å². The highest BCUT2D eigenvalue weighted by molar-refractivity contribution is 7.10. The zero-order valence-corrected chi connectivity index (χ0v) is 6.29. The number of ether oxygens (including phenoxy) is 1. The molecule has 1 heterocycles. The van der Waals surface area contributed by atoms with Gasteiger partial charge in [-0.2, -0.15) is 0 Å². The van der Waals surface area contributed by atoms with Gasteiger partial charge in [0.25, 0.3) is 0 Å². The summed E-state index contributed by atoms with van der Waals surface area (Å²) >= 11 is 1.61. The van der Waals surface area contributed by atoms with Crippen LogP contribution in [0.1, 0.15) is 4.88 Å². The van der Waals surface area contributed by atoms with E-state index in [1.165, 1.54) is 0 Å². The van der Waals surface area contributed by atoms with Crippen LogP contribution >= 0.6 is 11.3 Å². The van der Waals surface area contributed by atoms with Crippen molar-refractivity contribution in [3.63, 3.8) is 0 Å². The van der Waals surface area contributed by atoms with E-state index in [0.717, 1.165) is 16.3 Å². The van der Waals surface area contributed by atoms with Gasteiger partial charge in [-0.3, -0.25) is 0 Å². The van der Waals surface area contributed by atoms with Gasteiger partial charge in [0, 0.05) is 10.3 Å². The summed E-state index contributed by atoms with van der Waals surface area (Å²) < 4.78 is 4.95. The molecule has 0 spiro atoms. The van der Waals surface area contributed by atoms with Crippen LogP contribution in [0.25, 0.3) is 0 Å². The molecule has 0 saturated carbocycles. The van der Waals surface area contributed by atoms with Crippen molar-refractivity contribution in [1.82, 2.24) is 0 Å². The van der Waals surface area contributed by atoms with Crippen LogP contribution in [-0.4, -0.2) is 7.11 Å². The fraction of sp³-hybridized carbons (Fsp3) is 0.333. The molecule has 1 aromatic heterocycles. The lowest BCUT2D eigenvalue weighted by atomic mass is 10.4. The molecule has 0 saturated heterocycles. The van der Waals surface area contributed by atoms with Gasteiger partial charge in [-0.15, -0.1) is 11.3 Å². The molecule has 2 nitrogen and oxygen atoms in total. The molecule has 9 heavy (non-hydrogen) atoms. The largest absolute Gasteiger partial charge is 0.494 e. The summed E-state index contributed by atoms with van der Waals surface area (Å²) in [4.78, 5) is 1.12. The van der Waals surface area contributed by atoms with Gasteiger partial charge in [-0.1, -0.05) is 0 Å². The maximum Gasteiger partial charge on any atom is 0.152 e. The normalized spacial score (nSPS) is 9.56. The Kier molecular flexibility index (Phi) is 1.62. The predicted octanol–water partition coefficient (Wildman–Crippen LogP) is 1.65. The molecule has 50 valence electrons. The number of methoxy groups -OCH3 is 1. The van der Waals surface area contributed by atoms with Gasteiger partial charge in [0.15, 0.2) is 5.75 Å². The summed E-state index contributed by atoms with van der Waals surface area (Å²) in [6, 6.07) is 0. The molecule has 0 aromatic carbocycles. The molecule has 2 N–H and O–H groups in total. The van der Waals surface area contributed by atoms with Crippen LogP contribution in [0.15, 0.2) is 5.38 Å². The highest BCUT2D eigenvalue weighted by Gasteiger charge is 2.02. The van der Waals surface area contributed by atoms with Crippen molar-refractivity contribution >= 4 is 17.0 Å². The summed E-state index contributed by atoms with van der Waals surface area (Å²) in [5, 5.41) is 1.91. The Labute approximate surface area is 58.3 Å². The maximum absolute atomic E-state index is 5.60. The van der Waals surface area contributed by atoms with Crippen LogP contribution in [0.3, 0.4) is 0 Å². The van der Waals surface area contributed by atoms with Crippen molar-refractivity contribution < 1.29 is 4.74 Å². The van der Waals surface area contributed by atoms with Crippen LogP contribution < -0.4 is 10.5 Å². The lowest BCUT2D eigenvalue weighted by Gasteiger charge is -1.95. The van der Waals surface area contributed by atoms with Gasteiger partial charge in [-0.25, -0.2) is 0 Å². The molecular weight excluding hydrogens is 134 g/mol. The third-order valence-corrected chi connectivity index (χ3v) is 2.11. The van der Waals surface area contributed by atoms with Crippen molar-refractivity contribution in [3.05, 3.63) is 10.3 Å². The SMILES string of the molecule is COc1csc(C)c1N. The van der Waals surface area contributed by atoms with E-state index in [-0.39, 0.29) is 0 Å². The monoisotopic (exact) mass is 143 g/mol. The maximum atomic E-state index is 5.60. The second kappa shape index (κ2) is 2.27. The standard InChI is InChI=1S/C6H9NOS/c1-4-6(7)5(8-2)3-9-4/h3H,7H2,1-2H3. The number of nitrogen functional groups attached to an aromatic ring is 1. The van der Waals surface area contributed by atoms with Gasteiger partial charge < -0.3 is 10.5 Å². The number of hydrogen-bond donors (Lipinski definition) is 1. The number of thiophene rings is 1. The van der Waals surface area contributed by atoms with E-state index in [4.69, 9.17) is 10.5 Å². The Morgan fingerprint density at radius 2 is 2.33 bits per heavy atom. The van der Waals surface area contributed by atoms with E-state index < -0.39 is 0 Å². The summed E-state index contributed by atoms with van der Waals surface area (Å²) in [6.45, 7) is 1.97. The van der Waals surface area contributed by atoms with E-state index in [1.54, 1.807) is 18.4 Å². The van der Waals surface area contributed by atoms with Gasteiger partial charge in [0.1, 0.15) is 0 Å². The molecule has 1 aromatic rings. The van der Waals surface area contributed by atoms with Gasteiger partial charge in [0.2, 0.25) is 0 Å². The molecule has 0 atom stereocenters. The fourth-order valence-corrected chi connectivity index (χ4v) is 1.34. The average Bonchev–Trinajstić information content (AvgIpc) is 2.15. The molecule has 0 radical (unpaired) electrons. The highest BCUT2D eigenvalue weighted by atomic mass is 32.1. The third kappa shape index (κ3) is 1.00. The molecule has 1 rings (SSSR count). The quantitative estimate of drug-likeness (QED) is 0.648. The van der Waals surface area contributed by atoms with Crippen LogP contribution in [0.2, 0.25) is 0 Å². The number of rotatable bonds is 1. The predicted molar refractivity (Wildman–Crippen MR) is 40.0 cm³/mol. The zero-order chi connectivity index (χ0) is 6.85. The van der Waals surface area contributed by atoms with E-state index in [1.807, 2.05) is 12.3 Å². The van der Waals surface area contributed by atoms with E-state index in [0.29, 0.717) is 0 Å². The molecule has 0 unspecified atom stereocenters. The van der Waals surface area contributed by atoms with Crippen molar-refractivity contribution in [2.24, 2.45) is 0 Å². The topological polar surface area (TPSA) is 35.2 Å². The van der Waals surface area contributed by atoms with Gasteiger partial charge in [0.05, 0.1) is 12.8 Å². The molecule has 0 aliphatic rings. The van der Waals surface area contributed by atoms with Gasteiger partial charge >= 0.3 is 0 Å². The number of aryl methyl sites for hydroxylation is 1. The summed E-state index contributed by atoms with van der Waals surface area (Å²) in [7, 11) is 1.62. The first-order valence-corrected chi connectivity index (χ1v) is 3.51. The molecule has 0 amide bonds. The molecule has 0 fully saturated rings. The first-order valence-electron chi connectivity index (χ1n) is 2.63. The minimum atomic E-state index is 0.766. The minimum absolute atomic E-state index is 0.766. The number of anilines is 1. The summed E-state index contributed by atoms with van der Waals surface area (Å²) in [5.74, 6) is 0.789. The first-order chi connectivity index (χ1) is 4.25. The zero-order valence-electron chi connectivity index (χ0n) is 5.47. The smallest absolute Gasteiger partial charge is 0.152 e. The van der Waals surface area contributed by atoms with Crippen LogP contribution in [0.4, 0.5) is 5.69 Å². The minimum Gasteiger partial charge on any atom is -0.494 e. The Balaban J connectivity index is 3.04. The third-order valence-electron chi connectivity index (χ3n) is 1.21. The molecular formula is C6H9NOS. The van der Waals surface area contributed by atoms with E-state index in [9.17, 15) is 0 Å². The number of nitrogens with two attached hydrogens (primary N) is 1. The van der Waals surface area contributed by atoms with E-state index >= 15 is 0 Å². The Morgan fingerprint density at radius 1 is 1.67 bits per heavy atom. The van der Waals surface area contributed by atoms with E-state index in [2.05, 4.69) is 0 Å². The van der Waals surface area contributed by atoms with Crippen LogP contribution in [0, 0.1) is 6.92 Å². The Bertz CT molecular complexity index is 207. The van der Waals surface area contributed by atoms with Crippen molar-refractivity contribution in [2.75, 3.05) is 12.8 Å². The fourth-order valence-electron chi connectivity index (χ4n) is 0.600. The molecule has 0 bridgehead atoms. The Morgan fingerprint density at radius 3 is 2.56 bits per heavy atom. The second-order valence-corrected chi connectivity index (χ2v) is 2.86. The van der Waals surface area contributed by atoms with Gasteiger partial charge in [-0.05, 0) is 6.92 Å². The first kappa shape index (κ1) is 6.42. The summed E-state index contributed by atoms with van der Waals surface area (Å²) in [6.07, 6.45) is 0. The van der Waals surface area contributed by atoms with Crippen molar-refractivity contribution in [1.29, 1.82) is 0 Å².